The number of rotatable bonds is 5. The highest BCUT2D eigenvalue weighted by molar-refractivity contribution is 6.16. The summed E-state index contributed by atoms with van der Waals surface area (Å²) in [5, 5.41) is 2.34. The van der Waals surface area contributed by atoms with Crippen LogP contribution in [0.1, 0.15) is 32.1 Å². The number of nitrogens with one attached hydrogen (secondary N) is 1. The second-order valence-electron chi connectivity index (χ2n) is 5.96. The molecule has 6 nitrogen and oxygen atoms in total. The zero-order valence-corrected chi connectivity index (χ0v) is 12.2. The van der Waals surface area contributed by atoms with Gasteiger partial charge in [0, 0.05) is 6.54 Å². The molecule has 20 heavy (non-hydrogen) atoms. The summed E-state index contributed by atoms with van der Waals surface area (Å²) < 4.78 is 0. The zero-order chi connectivity index (χ0) is 14.7. The third-order valence-corrected chi connectivity index (χ3v) is 4.15. The van der Waals surface area contributed by atoms with E-state index >= 15 is 0 Å². The summed E-state index contributed by atoms with van der Waals surface area (Å²) in [6, 6.07) is -0.562. The highest BCUT2D eigenvalue weighted by Gasteiger charge is 2.44. The van der Waals surface area contributed by atoms with Crippen molar-refractivity contribution in [2.75, 3.05) is 27.2 Å². The van der Waals surface area contributed by atoms with Gasteiger partial charge in [-0.1, -0.05) is 12.8 Å². The fourth-order valence-corrected chi connectivity index (χ4v) is 3.09. The van der Waals surface area contributed by atoms with Crippen molar-refractivity contribution < 1.29 is 14.4 Å². The topological polar surface area (TPSA) is 69.7 Å². The third-order valence-electron chi connectivity index (χ3n) is 4.15. The molecule has 0 radical (unpaired) electrons. The van der Waals surface area contributed by atoms with Gasteiger partial charge in [-0.2, -0.15) is 0 Å². The van der Waals surface area contributed by atoms with Crippen LogP contribution in [0.3, 0.4) is 0 Å². The fourth-order valence-electron chi connectivity index (χ4n) is 3.09. The van der Waals surface area contributed by atoms with Gasteiger partial charge in [-0.05, 0) is 45.8 Å². The normalized spacial score (nSPS) is 24.6. The van der Waals surface area contributed by atoms with Gasteiger partial charge >= 0.3 is 6.03 Å². The lowest BCUT2D eigenvalue weighted by Gasteiger charge is -2.33. The summed E-state index contributed by atoms with van der Waals surface area (Å²) in [6.45, 7) is 1.18. The average Bonchev–Trinajstić information content (AvgIpc) is 2.86. The van der Waals surface area contributed by atoms with Crippen LogP contribution in [-0.4, -0.2) is 54.8 Å². The van der Waals surface area contributed by atoms with Crippen molar-refractivity contribution in [2.45, 2.75) is 32.1 Å². The van der Waals surface area contributed by atoms with Gasteiger partial charge in [0.25, 0.3) is 0 Å². The number of barbiturate groups is 1. The van der Waals surface area contributed by atoms with E-state index in [9.17, 15) is 14.4 Å². The molecule has 4 amide bonds. The molecule has 0 aromatic heterocycles. The average molecular weight is 281 g/mol. The van der Waals surface area contributed by atoms with Crippen molar-refractivity contribution >= 4 is 17.8 Å². The minimum Gasteiger partial charge on any atom is -0.309 e. The minimum absolute atomic E-state index is 0.104. The second-order valence-corrected chi connectivity index (χ2v) is 5.96. The van der Waals surface area contributed by atoms with E-state index in [2.05, 4.69) is 5.32 Å². The molecule has 2 rings (SSSR count). The monoisotopic (exact) mass is 281 g/mol. The molecule has 0 bridgehead atoms. The highest BCUT2D eigenvalue weighted by atomic mass is 16.2. The summed E-state index contributed by atoms with van der Waals surface area (Å²) in [4.78, 5) is 39.4. The molecule has 1 N–H and O–H groups in total. The van der Waals surface area contributed by atoms with E-state index < -0.39 is 17.9 Å². The maximum Gasteiger partial charge on any atom is 0.330 e. The molecule has 1 aliphatic carbocycles. The Kier molecular flexibility index (Phi) is 4.75. The van der Waals surface area contributed by atoms with E-state index in [-0.39, 0.29) is 11.8 Å². The Hall–Kier alpha value is -1.43. The first-order chi connectivity index (χ1) is 9.50. The quantitative estimate of drug-likeness (QED) is 0.758. The molecule has 1 saturated heterocycles. The predicted molar refractivity (Wildman–Crippen MR) is 73.9 cm³/mol. The maximum absolute atomic E-state index is 12.4. The lowest BCUT2D eigenvalue weighted by molar-refractivity contribution is -0.145. The van der Waals surface area contributed by atoms with Gasteiger partial charge < -0.3 is 4.90 Å². The van der Waals surface area contributed by atoms with Crippen LogP contribution in [-0.2, 0) is 9.59 Å². The smallest absolute Gasteiger partial charge is 0.309 e. The number of urea groups is 1. The Morgan fingerprint density at radius 1 is 1.20 bits per heavy atom. The SMILES string of the molecule is CN(C)CCCN1C(=O)NC(=O)C(C2CCCC2)C1=O. The molecule has 2 fully saturated rings. The molecule has 2 aliphatic rings. The zero-order valence-electron chi connectivity index (χ0n) is 12.2. The van der Waals surface area contributed by atoms with Gasteiger partial charge in [0.05, 0.1) is 0 Å². The summed E-state index contributed by atoms with van der Waals surface area (Å²) in [5.74, 6) is -1.26. The van der Waals surface area contributed by atoms with Gasteiger partial charge in [0.2, 0.25) is 11.8 Å². The maximum atomic E-state index is 12.4. The number of hydrogen-bond acceptors (Lipinski definition) is 4. The van der Waals surface area contributed by atoms with Gasteiger partial charge in [-0.3, -0.25) is 19.8 Å². The van der Waals surface area contributed by atoms with Crippen molar-refractivity contribution in [3.63, 3.8) is 0 Å². The fraction of sp³-hybridized carbons (Fsp3) is 0.786. The standard InChI is InChI=1S/C14H23N3O3/c1-16(2)8-5-9-17-13(19)11(10-6-3-4-7-10)12(18)15-14(17)20/h10-11H,3-9H2,1-2H3,(H,15,18,20). The number of nitrogens with zero attached hydrogens (tertiary/aromatic N) is 2. The highest BCUT2D eigenvalue weighted by Crippen LogP contribution is 2.33. The Labute approximate surface area is 119 Å². The molecule has 1 saturated carbocycles. The van der Waals surface area contributed by atoms with Crippen LogP contribution in [0.25, 0.3) is 0 Å². The molecule has 0 aromatic carbocycles. The van der Waals surface area contributed by atoms with Crippen molar-refractivity contribution in [3.05, 3.63) is 0 Å². The van der Waals surface area contributed by atoms with Crippen LogP contribution in [0.4, 0.5) is 4.79 Å². The molecule has 6 heteroatoms. The van der Waals surface area contributed by atoms with E-state index in [4.69, 9.17) is 0 Å². The van der Waals surface area contributed by atoms with E-state index in [0.717, 1.165) is 38.6 Å². The molecule has 1 unspecified atom stereocenters. The Morgan fingerprint density at radius 3 is 2.45 bits per heavy atom. The first-order valence-electron chi connectivity index (χ1n) is 7.31. The van der Waals surface area contributed by atoms with Crippen LogP contribution in [0, 0.1) is 11.8 Å². The van der Waals surface area contributed by atoms with Gasteiger partial charge in [-0.15, -0.1) is 0 Å². The first kappa shape index (κ1) is 15.0. The van der Waals surface area contributed by atoms with Crippen molar-refractivity contribution in [3.8, 4) is 0 Å². The lowest BCUT2D eigenvalue weighted by Crippen LogP contribution is -2.59. The van der Waals surface area contributed by atoms with Crippen LogP contribution in [0.5, 0.6) is 0 Å². The molecule has 0 spiro atoms. The summed E-state index contributed by atoms with van der Waals surface area (Å²) in [5.41, 5.74) is 0. The molecular formula is C14H23N3O3. The van der Waals surface area contributed by atoms with Gasteiger partial charge in [-0.25, -0.2) is 4.79 Å². The number of hydrogen-bond donors (Lipinski definition) is 1. The van der Waals surface area contributed by atoms with E-state index in [1.54, 1.807) is 0 Å². The molecule has 1 atom stereocenters. The Morgan fingerprint density at radius 2 is 1.85 bits per heavy atom. The first-order valence-corrected chi connectivity index (χ1v) is 7.31. The van der Waals surface area contributed by atoms with E-state index in [1.165, 1.54) is 4.90 Å². The van der Waals surface area contributed by atoms with E-state index in [1.807, 2.05) is 19.0 Å². The van der Waals surface area contributed by atoms with Gasteiger partial charge in [0.1, 0.15) is 5.92 Å². The summed E-state index contributed by atoms with van der Waals surface area (Å²) in [7, 11) is 3.89. The van der Waals surface area contributed by atoms with Crippen molar-refractivity contribution in [1.29, 1.82) is 0 Å². The summed E-state index contributed by atoms with van der Waals surface area (Å²) in [6.07, 6.45) is 4.66. The largest absolute Gasteiger partial charge is 0.330 e. The summed E-state index contributed by atoms with van der Waals surface area (Å²) >= 11 is 0. The number of carbonyl (C=O) groups is 3. The Balaban J connectivity index is 2.01. The second kappa shape index (κ2) is 6.35. The lowest BCUT2D eigenvalue weighted by atomic mass is 9.87. The van der Waals surface area contributed by atoms with Crippen LogP contribution in [0.2, 0.25) is 0 Å². The van der Waals surface area contributed by atoms with Crippen LogP contribution < -0.4 is 5.32 Å². The molecule has 1 aliphatic heterocycles. The Bertz CT molecular complexity index is 402. The number of amides is 4. The van der Waals surface area contributed by atoms with Crippen molar-refractivity contribution in [1.82, 2.24) is 15.1 Å². The molecular weight excluding hydrogens is 258 g/mol. The molecule has 1 heterocycles. The van der Waals surface area contributed by atoms with Crippen molar-refractivity contribution in [2.24, 2.45) is 11.8 Å². The molecule has 0 aromatic rings. The number of carbonyl (C=O) groups excluding carboxylic acids is 3. The minimum atomic E-state index is -0.658. The van der Waals surface area contributed by atoms with E-state index in [0.29, 0.717) is 6.54 Å². The van der Waals surface area contributed by atoms with Gasteiger partial charge in [0.15, 0.2) is 0 Å². The predicted octanol–water partition coefficient (Wildman–Crippen LogP) is 0.823. The van der Waals surface area contributed by atoms with Crippen LogP contribution >= 0.6 is 0 Å². The molecule has 112 valence electrons. The third kappa shape index (κ3) is 3.17. The van der Waals surface area contributed by atoms with Crippen LogP contribution in [0.15, 0.2) is 0 Å². The number of imide groups is 2.